The summed E-state index contributed by atoms with van der Waals surface area (Å²) in [5.41, 5.74) is -0.895. The zero-order chi connectivity index (χ0) is 23.0. The molecule has 3 atom stereocenters. The van der Waals surface area contributed by atoms with E-state index in [0.29, 0.717) is 32.3 Å². The molecule has 32 heavy (non-hydrogen) atoms. The Balaban J connectivity index is 1.69. The minimum Gasteiger partial charge on any atom is -0.405 e. The average Bonchev–Trinajstić information content (AvgIpc) is 3.18. The molecular formula is C27H34O4Si. The summed E-state index contributed by atoms with van der Waals surface area (Å²) in [5, 5.41) is 13.5. The zero-order valence-electron chi connectivity index (χ0n) is 19.3. The Morgan fingerprint density at radius 3 is 2.19 bits per heavy atom. The standard InChI is InChI=1S/C27H34O4Si/c1-5-17-26-19-21(31-27(26,29)18-16-24(26)28)20-30-32(25(2,3)4,22-12-8-6-9-13-22)23-14-10-7-11-15-23/h5-15,21,29H,1,16-20H2,2-4H3/t21-,26-,27+/m0/s1. The topological polar surface area (TPSA) is 55.8 Å². The summed E-state index contributed by atoms with van der Waals surface area (Å²) >= 11 is 0. The van der Waals surface area contributed by atoms with Crippen LogP contribution >= 0.6 is 0 Å². The van der Waals surface area contributed by atoms with Crippen molar-refractivity contribution in [1.82, 2.24) is 0 Å². The minimum absolute atomic E-state index is 0.0767. The van der Waals surface area contributed by atoms with Gasteiger partial charge in [0.2, 0.25) is 0 Å². The van der Waals surface area contributed by atoms with Crippen LogP contribution in [-0.4, -0.2) is 37.7 Å². The molecule has 4 nitrogen and oxygen atoms in total. The fraction of sp³-hybridized carbons (Fsp3) is 0.444. The second kappa shape index (κ2) is 8.38. The molecule has 2 aromatic rings. The highest BCUT2D eigenvalue weighted by molar-refractivity contribution is 6.99. The highest BCUT2D eigenvalue weighted by Gasteiger charge is 2.66. The third kappa shape index (κ3) is 3.52. The van der Waals surface area contributed by atoms with Crippen LogP contribution in [0.1, 0.15) is 46.5 Å². The van der Waals surface area contributed by atoms with E-state index in [9.17, 15) is 9.90 Å². The van der Waals surface area contributed by atoms with Crippen molar-refractivity contribution in [2.45, 2.75) is 63.4 Å². The lowest BCUT2D eigenvalue weighted by molar-refractivity contribution is -0.226. The van der Waals surface area contributed by atoms with E-state index < -0.39 is 19.5 Å². The highest BCUT2D eigenvalue weighted by Crippen LogP contribution is 2.56. The van der Waals surface area contributed by atoms with Gasteiger partial charge in [0.1, 0.15) is 5.78 Å². The van der Waals surface area contributed by atoms with Crippen molar-refractivity contribution < 1.29 is 19.1 Å². The second-order valence-corrected chi connectivity index (χ2v) is 14.5. The van der Waals surface area contributed by atoms with Gasteiger partial charge in [-0.2, -0.15) is 0 Å². The van der Waals surface area contributed by atoms with Crippen molar-refractivity contribution in [3.63, 3.8) is 0 Å². The monoisotopic (exact) mass is 450 g/mol. The second-order valence-electron chi connectivity index (χ2n) is 10.2. The normalized spacial score (nSPS) is 28.0. The van der Waals surface area contributed by atoms with Crippen LogP contribution in [0.5, 0.6) is 0 Å². The number of benzene rings is 2. The van der Waals surface area contributed by atoms with Crippen LogP contribution in [0.4, 0.5) is 0 Å². The van der Waals surface area contributed by atoms with E-state index in [2.05, 4.69) is 75.9 Å². The molecule has 1 aliphatic carbocycles. The number of aliphatic hydroxyl groups is 1. The van der Waals surface area contributed by atoms with Gasteiger partial charge in [-0.3, -0.25) is 4.79 Å². The number of Topliss-reactive ketones (excluding diaryl/α,β-unsaturated/α-hetero) is 1. The number of carbonyl (C=O) groups excluding carboxylic acids is 1. The van der Waals surface area contributed by atoms with Crippen LogP contribution < -0.4 is 10.4 Å². The van der Waals surface area contributed by atoms with Crippen molar-refractivity contribution in [1.29, 1.82) is 0 Å². The Labute approximate surface area is 192 Å². The van der Waals surface area contributed by atoms with Gasteiger partial charge in [-0.05, 0) is 28.3 Å². The third-order valence-electron chi connectivity index (χ3n) is 7.31. The first-order chi connectivity index (χ1) is 15.2. The van der Waals surface area contributed by atoms with Gasteiger partial charge in [0.15, 0.2) is 5.79 Å². The van der Waals surface area contributed by atoms with Gasteiger partial charge in [-0.1, -0.05) is 87.5 Å². The molecule has 2 aromatic carbocycles. The molecule has 1 saturated heterocycles. The Kier molecular flexibility index (Phi) is 6.05. The summed E-state index contributed by atoms with van der Waals surface area (Å²) in [6, 6.07) is 20.9. The van der Waals surface area contributed by atoms with E-state index in [4.69, 9.17) is 9.16 Å². The molecule has 0 bridgehead atoms. The van der Waals surface area contributed by atoms with Crippen LogP contribution in [0.15, 0.2) is 73.3 Å². The molecule has 0 unspecified atom stereocenters. The van der Waals surface area contributed by atoms with Crippen molar-refractivity contribution in [3.05, 3.63) is 73.3 Å². The fourth-order valence-electron chi connectivity index (χ4n) is 5.81. The molecule has 2 aliphatic rings. The molecule has 0 aromatic heterocycles. The Morgan fingerprint density at radius 1 is 1.12 bits per heavy atom. The predicted molar refractivity (Wildman–Crippen MR) is 130 cm³/mol. The van der Waals surface area contributed by atoms with Crippen LogP contribution in [0.2, 0.25) is 5.04 Å². The summed E-state index contributed by atoms with van der Waals surface area (Å²) in [4.78, 5) is 12.8. The molecule has 170 valence electrons. The molecular weight excluding hydrogens is 416 g/mol. The van der Waals surface area contributed by atoms with E-state index in [1.165, 1.54) is 10.4 Å². The third-order valence-corrected chi connectivity index (χ3v) is 12.3. The minimum atomic E-state index is -2.70. The quantitative estimate of drug-likeness (QED) is 0.512. The van der Waals surface area contributed by atoms with Crippen molar-refractivity contribution in [2.75, 3.05) is 6.61 Å². The molecule has 5 heteroatoms. The van der Waals surface area contributed by atoms with E-state index in [1.807, 2.05) is 12.1 Å². The number of ether oxygens (including phenoxy) is 1. The van der Waals surface area contributed by atoms with Gasteiger partial charge >= 0.3 is 0 Å². The van der Waals surface area contributed by atoms with Gasteiger partial charge in [0.05, 0.1) is 18.1 Å². The van der Waals surface area contributed by atoms with Crippen molar-refractivity contribution in [2.24, 2.45) is 5.41 Å². The average molecular weight is 451 g/mol. The maximum Gasteiger partial charge on any atom is 0.261 e. The number of allylic oxidation sites excluding steroid dienone is 1. The number of hydrogen-bond donors (Lipinski definition) is 1. The summed E-state index contributed by atoms with van der Waals surface area (Å²) in [6.07, 6.45) is 2.97. The highest BCUT2D eigenvalue weighted by atomic mass is 28.4. The van der Waals surface area contributed by atoms with Crippen molar-refractivity contribution in [3.8, 4) is 0 Å². The van der Waals surface area contributed by atoms with Gasteiger partial charge in [-0.15, -0.1) is 6.58 Å². The molecule has 0 spiro atoms. The van der Waals surface area contributed by atoms with Crippen LogP contribution in [0.3, 0.4) is 0 Å². The number of rotatable bonds is 7. The maximum absolute atomic E-state index is 12.8. The van der Waals surface area contributed by atoms with Gasteiger partial charge in [0.25, 0.3) is 8.32 Å². The lowest BCUT2D eigenvalue weighted by Crippen LogP contribution is -2.67. The SMILES string of the molecule is C=CC[C@@]12C[C@@H](CO[Si](c3ccccc3)(c3ccccc3)C(C)(C)C)O[C@]1(O)CCC2=O. The van der Waals surface area contributed by atoms with Crippen LogP contribution in [0, 0.1) is 5.41 Å². The van der Waals surface area contributed by atoms with Gasteiger partial charge in [-0.25, -0.2) is 0 Å². The fourth-order valence-corrected chi connectivity index (χ4v) is 10.4. The first-order valence-electron chi connectivity index (χ1n) is 11.5. The molecule has 4 rings (SSSR count). The first-order valence-corrected chi connectivity index (χ1v) is 13.4. The lowest BCUT2D eigenvalue weighted by atomic mass is 9.75. The van der Waals surface area contributed by atoms with Crippen molar-refractivity contribution >= 4 is 24.5 Å². The number of ketones is 1. The molecule has 1 N–H and O–H groups in total. The Bertz CT molecular complexity index is 929. The Hall–Kier alpha value is -2.05. The molecule has 1 saturated carbocycles. The summed E-state index contributed by atoms with van der Waals surface area (Å²) < 4.78 is 13.1. The van der Waals surface area contributed by atoms with Crippen LogP contribution in [0.25, 0.3) is 0 Å². The number of fused-ring (bicyclic) bond motifs is 1. The van der Waals surface area contributed by atoms with Gasteiger partial charge in [0, 0.05) is 12.8 Å². The molecule has 2 fully saturated rings. The lowest BCUT2D eigenvalue weighted by Gasteiger charge is -2.43. The largest absolute Gasteiger partial charge is 0.405 e. The van der Waals surface area contributed by atoms with E-state index in [-0.39, 0.29) is 16.9 Å². The predicted octanol–water partition coefficient (Wildman–Crippen LogP) is 3.97. The van der Waals surface area contributed by atoms with Gasteiger partial charge < -0.3 is 14.3 Å². The molecule has 0 amide bonds. The molecule has 1 aliphatic heterocycles. The molecule has 1 heterocycles. The summed E-state index contributed by atoms with van der Waals surface area (Å²) in [6.45, 7) is 10.9. The zero-order valence-corrected chi connectivity index (χ0v) is 20.3. The summed E-state index contributed by atoms with van der Waals surface area (Å²) in [7, 11) is -2.70. The maximum atomic E-state index is 12.8. The van der Waals surface area contributed by atoms with E-state index in [1.54, 1.807) is 6.08 Å². The summed E-state index contributed by atoms with van der Waals surface area (Å²) in [5.74, 6) is -1.34. The smallest absolute Gasteiger partial charge is 0.261 e. The Morgan fingerprint density at radius 2 is 1.69 bits per heavy atom. The molecule has 0 radical (unpaired) electrons. The van der Waals surface area contributed by atoms with Crippen LogP contribution in [-0.2, 0) is 14.0 Å². The van der Waals surface area contributed by atoms with E-state index >= 15 is 0 Å². The van der Waals surface area contributed by atoms with E-state index in [0.717, 1.165) is 0 Å². The first kappa shape index (κ1) is 23.1. The number of carbonyl (C=O) groups is 1. The number of hydrogen-bond acceptors (Lipinski definition) is 4.